The van der Waals surface area contributed by atoms with Gasteiger partial charge in [0.05, 0.1) is 12.6 Å². The zero-order chi connectivity index (χ0) is 13.2. The van der Waals surface area contributed by atoms with Crippen LogP contribution in [0.4, 0.5) is 0 Å². The predicted molar refractivity (Wildman–Crippen MR) is 70.1 cm³/mol. The maximum Gasteiger partial charge on any atom is 0.243 e. The van der Waals surface area contributed by atoms with Crippen molar-refractivity contribution < 1.29 is 9.53 Å². The normalized spacial score (nSPS) is 24.8. The molecule has 0 aliphatic carbocycles. The van der Waals surface area contributed by atoms with Crippen LogP contribution in [-0.4, -0.2) is 24.7 Å². The first kappa shape index (κ1) is 13.1. The van der Waals surface area contributed by atoms with Gasteiger partial charge in [-0.05, 0) is 25.8 Å². The van der Waals surface area contributed by atoms with Gasteiger partial charge in [-0.3, -0.25) is 4.79 Å². The summed E-state index contributed by atoms with van der Waals surface area (Å²) >= 11 is 0. The molecule has 98 valence electrons. The molecule has 0 bridgehead atoms. The molecule has 0 saturated carbocycles. The molecular formula is C14H20N2O2. The van der Waals surface area contributed by atoms with Crippen LogP contribution in [0, 0.1) is 6.92 Å². The van der Waals surface area contributed by atoms with Gasteiger partial charge >= 0.3 is 0 Å². The van der Waals surface area contributed by atoms with Crippen molar-refractivity contribution in [2.24, 2.45) is 5.73 Å². The molecule has 4 heteroatoms. The minimum atomic E-state index is -0.862. The van der Waals surface area contributed by atoms with Crippen LogP contribution in [0.1, 0.15) is 30.5 Å². The fraction of sp³-hybridized carbons (Fsp3) is 0.500. The van der Waals surface area contributed by atoms with E-state index in [1.165, 1.54) is 5.56 Å². The lowest BCUT2D eigenvalue weighted by Gasteiger charge is -2.24. The zero-order valence-corrected chi connectivity index (χ0v) is 10.9. The molecule has 1 aromatic carbocycles. The molecule has 1 heterocycles. The smallest absolute Gasteiger partial charge is 0.243 e. The number of hydrogen-bond donors (Lipinski definition) is 2. The second-order valence-corrected chi connectivity index (χ2v) is 5.06. The second kappa shape index (κ2) is 5.08. The minimum absolute atomic E-state index is 0.0425. The average Bonchev–Trinajstić information content (AvgIpc) is 2.78. The number of nitrogens with two attached hydrogens (primary N) is 1. The maximum absolute atomic E-state index is 12.1. The summed E-state index contributed by atoms with van der Waals surface area (Å²) in [6, 6.07) is 8.08. The van der Waals surface area contributed by atoms with Crippen LogP contribution in [0.25, 0.3) is 0 Å². The highest BCUT2D eigenvalue weighted by molar-refractivity contribution is 5.86. The van der Waals surface area contributed by atoms with E-state index in [-0.39, 0.29) is 11.9 Å². The molecule has 0 aromatic heterocycles. The molecule has 1 saturated heterocycles. The number of carbonyl (C=O) groups is 1. The molecule has 1 fully saturated rings. The van der Waals surface area contributed by atoms with E-state index < -0.39 is 5.54 Å². The lowest BCUT2D eigenvalue weighted by molar-refractivity contribution is -0.127. The number of nitrogens with one attached hydrogen (secondary N) is 1. The van der Waals surface area contributed by atoms with Gasteiger partial charge in [-0.25, -0.2) is 0 Å². The van der Waals surface area contributed by atoms with E-state index in [0.717, 1.165) is 5.56 Å². The van der Waals surface area contributed by atoms with Crippen LogP contribution in [0.3, 0.4) is 0 Å². The highest BCUT2D eigenvalue weighted by atomic mass is 16.5. The van der Waals surface area contributed by atoms with Crippen LogP contribution in [0.15, 0.2) is 24.3 Å². The Morgan fingerprint density at radius 1 is 1.44 bits per heavy atom. The third-order valence-electron chi connectivity index (χ3n) is 3.43. The monoisotopic (exact) mass is 248 g/mol. The third-order valence-corrected chi connectivity index (χ3v) is 3.43. The number of rotatable bonds is 3. The number of aryl methyl sites for hydroxylation is 1. The van der Waals surface area contributed by atoms with Crippen molar-refractivity contribution in [2.45, 2.75) is 31.8 Å². The summed E-state index contributed by atoms with van der Waals surface area (Å²) in [5.41, 5.74) is 7.44. The number of hydrogen-bond acceptors (Lipinski definition) is 3. The fourth-order valence-corrected chi connectivity index (χ4v) is 2.04. The first-order valence-corrected chi connectivity index (χ1v) is 6.25. The Bertz CT molecular complexity index is 422. The molecule has 0 spiro atoms. The highest BCUT2D eigenvalue weighted by Gasteiger charge is 2.38. The van der Waals surface area contributed by atoms with Crippen molar-refractivity contribution in [3.8, 4) is 0 Å². The van der Waals surface area contributed by atoms with E-state index in [9.17, 15) is 4.79 Å². The number of amides is 1. The van der Waals surface area contributed by atoms with Gasteiger partial charge < -0.3 is 15.8 Å². The van der Waals surface area contributed by atoms with E-state index >= 15 is 0 Å². The summed E-state index contributed by atoms with van der Waals surface area (Å²) in [5, 5.41) is 2.95. The first-order chi connectivity index (χ1) is 8.51. The van der Waals surface area contributed by atoms with E-state index in [1.807, 2.05) is 38.1 Å². The Morgan fingerprint density at radius 3 is 2.67 bits per heavy atom. The average molecular weight is 248 g/mol. The number of carbonyl (C=O) groups excluding carboxylic acids is 1. The predicted octanol–water partition coefficient (Wildman–Crippen LogP) is 1.29. The highest BCUT2D eigenvalue weighted by Crippen LogP contribution is 2.19. The molecule has 4 nitrogen and oxygen atoms in total. The van der Waals surface area contributed by atoms with Crippen molar-refractivity contribution >= 4 is 5.91 Å². The summed E-state index contributed by atoms with van der Waals surface area (Å²) in [7, 11) is 0. The van der Waals surface area contributed by atoms with Crippen molar-refractivity contribution in [3.05, 3.63) is 35.4 Å². The number of ether oxygens (including phenoxy) is 1. The molecule has 3 N–H and O–H groups in total. The minimum Gasteiger partial charge on any atom is -0.379 e. The van der Waals surface area contributed by atoms with E-state index in [1.54, 1.807) is 0 Å². The van der Waals surface area contributed by atoms with Crippen molar-refractivity contribution in [1.82, 2.24) is 5.32 Å². The van der Waals surface area contributed by atoms with E-state index in [0.29, 0.717) is 19.6 Å². The van der Waals surface area contributed by atoms with Gasteiger partial charge in [-0.15, -0.1) is 0 Å². The van der Waals surface area contributed by atoms with Crippen LogP contribution >= 0.6 is 0 Å². The second-order valence-electron chi connectivity index (χ2n) is 5.06. The molecule has 1 amide bonds. The summed E-state index contributed by atoms with van der Waals surface area (Å²) in [6.45, 7) is 4.86. The van der Waals surface area contributed by atoms with Crippen LogP contribution in [0.2, 0.25) is 0 Å². The van der Waals surface area contributed by atoms with Gasteiger partial charge in [0.2, 0.25) is 5.91 Å². The SMILES string of the molecule is Cc1ccc([C@H](C)NC(=O)C2(N)CCOC2)cc1. The standard InChI is InChI=1S/C14H20N2O2/c1-10-3-5-12(6-4-10)11(2)16-13(17)14(15)7-8-18-9-14/h3-6,11H,7-9,15H2,1-2H3,(H,16,17)/t11-,14?/m0/s1. The Kier molecular flexibility index (Phi) is 3.68. The summed E-state index contributed by atoms with van der Waals surface area (Å²) < 4.78 is 5.20. The third kappa shape index (κ3) is 2.71. The van der Waals surface area contributed by atoms with Gasteiger partial charge in [0.1, 0.15) is 5.54 Å². The first-order valence-electron chi connectivity index (χ1n) is 6.25. The molecule has 2 rings (SSSR count). The van der Waals surface area contributed by atoms with Crippen LogP contribution in [0.5, 0.6) is 0 Å². The van der Waals surface area contributed by atoms with Gasteiger partial charge in [0, 0.05) is 6.61 Å². The quantitative estimate of drug-likeness (QED) is 0.847. The van der Waals surface area contributed by atoms with Gasteiger partial charge in [0.25, 0.3) is 0 Å². The lowest BCUT2D eigenvalue weighted by atomic mass is 9.98. The Hall–Kier alpha value is -1.39. The van der Waals surface area contributed by atoms with E-state index in [2.05, 4.69) is 5.32 Å². The largest absolute Gasteiger partial charge is 0.379 e. The summed E-state index contributed by atoms with van der Waals surface area (Å²) in [5.74, 6) is -0.131. The topological polar surface area (TPSA) is 64.4 Å². The fourth-order valence-electron chi connectivity index (χ4n) is 2.04. The lowest BCUT2D eigenvalue weighted by Crippen LogP contribution is -2.54. The summed E-state index contributed by atoms with van der Waals surface area (Å²) in [4.78, 5) is 12.1. The zero-order valence-electron chi connectivity index (χ0n) is 10.9. The Morgan fingerprint density at radius 2 is 2.11 bits per heavy atom. The van der Waals surface area contributed by atoms with E-state index in [4.69, 9.17) is 10.5 Å². The Balaban J connectivity index is 2.00. The van der Waals surface area contributed by atoms with Gasteiger partial charge in [-0.2, -0.15) is 0 Å². The summed E-state index contributed by atoms with van der Waals surface area (Å²) in [6.07, 6.45) is 0.583. The molecule has 0 radical (unpaired) electrons. The Labute approximate surface area is 108 Å². The number of benzene rings is 1. The maximum atomic E-state index is 12.1. The molecule has 1 aliphatic heterocycles. The van der Waals surface area contributed by atoms with Crippen molar-refractivity contribution in [2.75, 3.05) is 13.2 Å². The molecule has 1 aliphatic rings. The molecule has 1 unspecified atom stereocenters. The van der Waals surface area contributed by atoms with Crippen molar-refractivity contribution in [3.63, 3.8) is 0 Å². The van der Waals surface area contributed by atoms with Gasteiger partial charge in [-0.1, -0.05) is 29.8 Å². The molecule has 18 heavy (non-hydrogen) atoms. The van der Waals surface area contributed by atoms with Crippen molar-refractivity contribution in [1.29, 1.82) is 0 Å². The molecular weight excluding hydrogens is 228 g/mol. The molecule has 2 atom stereocenters. The van der Waals surface area contributed by atoms with Crippen LogP contribution < -0.4 is 11.1 Å². The van der Waals surface area contributed by atoms with Crippen LogP contribution in [-0.2, 0) is 9.53 Å². The molecule has 1 aromatic rings. The van der Waals surface area contributed by atoms with Gasteiger partial charge in [0.15, 0.2) is 0 Å².